The minimum atomic E-state index is -4.90. The number of pyridine rings is 1. The number of rotatable bonds is 4. The molecule has 0 amide bonds. The summed E-state index contributed by atoms with van der Waals surface area (Å²) in [5.41, 5.74) is -0.111. The summed E-state index contributed by atoms with van der Waals surface area (Å²) in [6.07, 6.45) is -5.54. The van der Waals surface area contributed by atoms with Crippen LogP contribution in [0.15, 0.2) is 6.07 Å². The van der Waals surface area contributed by atoms with Crippen LogP contribution in [0.1, 0.15) is 11.3 Å². The highest BCUT2D eigenvalue weighted by molar-refractivity contribution is 14.1. The normalized spacial score (nSPS) is 11.4. The van der Waals surface area contributed by atoms with Crippen LogP contribution < -0.4 is 4.74 Å². The summed E-state index contributed by atoms with van der Waals surface area (Å²) in [5.74, 6) is -2.08. The Morgan fingerprint density at radius 1 is 1.56 bits per heavy atom. The van der Waals surface area contributed by atoms with Crippen LogP contribution in [0.5, 0.6) is 5.75 Å². The van der Waals surface area contributed by atoms with Crippen molar-refractivity contribution in [3.8, 4) is 5.75 Å². The number of aromatic nitrogens is 1. The van der Waals surface area contributed by atoms with Gasteiger partial charge in [-0.15, -0.1) is 24.8 Å². The van der Waals surface area contributed by atoms with E-state index in [1.54, 1.807) is 22.6 Å². The van der Waals surface area contributed by atoms with E-state index in [2.05, 4.69) is 9.72 Å². The van der Waals surface area contributed by atoms with Crippen LogP contribution >= 0.6 is 34.2 Å². The van der Waals surface area contributed by atoms with E-state index in [0.717, 1.165) is 6.07 Å². The smallest absolute Gasteiger partial charge is 0.481 e. The summed E-state index contributed by atoms with van der Waals surface area (Å²) >= 11 is 7.23. The number of hydrogen-bond donors (Lipinski definition) is 1. The van der Waals surface area contributed by atoms with Gasteiger partial charge in [-0.3, -0.25) is 4.79 Å². The molecule has 0 radical (unpaired) electrons. The molecule has 1 aromatic heterocycles. The Balaban J connectivity index is 3.27. The number of alkyl halides is 4. The molecule has 0 spiro atoms. The Morgan fingerprint density at radius 3 is 2.61 bits per heavy atom. The largest absolute Gasteiger partial charge is 0.573 e. The van der Waals surface area contributed by atoms with E-state index < -0.39 is 24.5 Å². The molecule has 1 heterocycles. The number of nitrogens with zero attached hydrogens (tertiary/aromatic N) is 1. The van der Waals surface area contributed by atoms with Crippen molar-refractivity contribution in [3.05, 3.63) is 21.0 Å². The fourth-order valence-corrected chi connectivity index (χ4v) is 2.03. The number of carboxylic acids is 1. The van der Waals surface area contributed by atoms with Crippen molar-refractivity contribution < 1.29 is 27.8 Å². The molecule has 0 aliphatic heterocycles. The quantitative estimate of drug-likeness (QED) is 0.484. The summed E-state index contributed by atoms with van der Waals surface area (Å²) < 4.78 is 40.6. The van der Waals surface area contributed by atoms with Crippen LogP contribution in [0.3, 0.4) is 0 Å². The van der Waals surface area contributed by atoms with E-state index in [9.17, 15) is 18.0 Å². The highest BCUT2D eigenvalue weighted by Crippen LogP contribution is 2.30. The molecule has 0 atom stereocenters. The maximum absolute atomic E-state index is 12.2. The zero-order valence-electron chi connectivity index (χ0n) is 8.59. The number of halogens is 5. The maximum atomic E-state index is 12.2. The van der Waals surface area contributed by atoms with Gasteiger partial charge in [0.2, 0.25) is 0 Å². The molecule has 18 heavy (non-hydrogen) atoms. The molecule has 0 saturated heterocycles. The summed E-state index contributed by atoms with van der Waals surface area (Å²) in [7, 11) is 0. The van der Waals surface area contributed by atoms with Crippen molar-refractivity contribution in [1.29, 1.82) is 0 Å². The van der Waals surface area contributed by atoms with Crippen LogP contribution in [0.25, 0.3) is 0 Å². The zero-order chi connectivity index (χ0) is 13.9. The number of hydrogen-bond acceptors (Lipinski definition) is 3. The highest BCUT2D eigenvalue weighted by Gasteiger charge is 2.33. The van der Waals surface area contributed by atoms with Gasteiger partial charge in [-0.1, -0.05) is 0 Å². The van der Waals surface area contributed by atoms with Crippen molar-refractivity contribution >= 4 is 40.2 Å². The van der Waals surface area contributed by atoms with Crippen molar-refractivity contribution in [2.45, 2.75) is 18.7 Å². The third-order valence-corrected chi connectivity index (χ3v) is 2.62. The van der Waals surface area contributed by atoms with Gasteiger partial charge in [0, 0.05) is 11.6 Å². The van der Waals surface area contributed by atoms with Gasteiger partial charge in [0.25, 0.3) is 0 Å². The van der Waals surface area contributed by atoms with E-state index in [1.165, 1.54) is 0 Å². The summed E-state index contributed by atoms with van der Waals surface area (Å²) in [6.45, 7) is 0. The van der Waals surface area contributed by atoms with E-state index in [1.807, 2.05) is 0 Å². The molecule has 0 unspecified atom stereocenters. The second-order valence-electron chi connectivity index (χ2n) is 3.12. The molecule has 0 fully saturated rings. The lowest BCUT2D eigenvalue weighted by Gasteiger charge is -2.14. The fourth-order valence-electron chi connectivity index (χ4n) is 1.23. The molecule has 4 nitrogen and oxygen atoms in total. The molecular weight excluding hydrogens is 389 g/mol. The molecule has 1 N–H and O–H groups in total. The van der Waals surface area contributed by atoms with Gasteiger partial charge in [-0.05, 0) is 22.6 Å². The lowest BCUT2D eigenvalue weighted by atomic mass is 10.1. The van der Waals surface area contributed by atoms with Gasteiger partial charge in [0.1, 0.15) is 9.45 Å². The van der Waals surface area contributed by atoms with Crippen LogP contribution in [-0.2, 0) is 17.1 Å². The highest BCUT2D eigenvalue weighted by atomic mass is 127. The van der Waals surface area contributed by atoms with Crippen LogP contribution in [0, 0.1) is 3.70 Å². The SMILES string of the molecule is O=C(O)Cc1c(OC(F)(F)F)cc(I)nc1CCl. The third kappa shape index (κ3) is 4.48. The summed E-state index contributed by atoms with van der Waals surface area (Å²) in [6, 6.07) is 1.02. The number of aliphatic carboxylic acids is 1. The third-order valence-electron chi connectivity index (χ3n) is 1.82. The second-order valence-corrected chi connectivity index (χ2v) is 4.49. The van der Waals surface area contributed by atoms with Crippen molar-refractivity contribution in [2.75, 3.05) is 0 Å². The minimum Gasteiger partial charge on any atom is -0.481 e. The molecule has 9 heteroatoms. The average Bonchev–Trinajstić information content (AvgIpc) is 2.18. The molecule has 0 bridgehead atoms. The van der Waals surface area contributed by atoms with Gasteiger partial charge in [-0.25, -0.2) is 4.98 Å². The fraction of sp³-hybridized carbons (Fsp3) is 0.333. The monoisotopic (exact) mass is 395 g/mol. The Kier molecular flexibility index (Phi) is 5.02. The van der Waals surface area contributed by atoms with Crippen molar-refractivity contribution in [2.24, 2.45) is 0 Å². The minimum absolute atomic E-state index is 0.0604. The zero-order valence-corrected chi connectivity index (χ0v) is 11.5. The number of carbonyl (C=O) groups is 1. The van der Waals surface area contributed by atoms with Gasteiger partial charge in [-0.2, -0.15) is 0 Å². The molecule has 100 valence electrons. The second kappa shape index (κ2) is 5.91. The standard InChI is InChI=1S/C9H6ClF3INO3/c10-3-5-4(1-8(16)17)6(2-7(14)15-5)18-9(11,12)13/h2H,1,3H2,(H,16,17). The first-order valence-corrected chi connectivity index (χ1v) is 6.06. The lowest BCUT2D eigenvalue weighted by molar-refractivity contribution is -0.275. The molecule has 0 aromatic carbocycles. The molecule has 0 saturated carbocycles. The lowest BCUT2D eigenvalue weighted by Crippen LogP contribution is -2.20. The predicted molar refractivity (Wildman–Crippen MR) is 64.5 cm³/mol. The Labute approximate surface area is 118 Å². The van der Waals surface area contributed by atoms with Crippen molar-refractivity contribution in [1.82, 2.24) is 4.98 Å². The summed E-state index contributed by atoms with van der Waals surface area (Å²) in [4.78, 5) is 14.5. The number of ether oxygens (including phenoxy) is 1. The molecule has 1 rings (SSSR count). The first-order valence-electron chi connectivity index (χ1n) is 4.44. The van der Waals surface area contributed by atoms with Crippen molar-refractivity contribution in [3.63, 3.8) is 0 Å². The van der Waals surface area contributed by atoms with Crippen LogP contribution in [0.4, 0.5) is 13.2 Å². The Hall–Kier alpha value is -0.770. The predicted octanol–water partition coefficient (Wildman–Crippen LogP) is 2.95. The molecule has 0 aliphatic rings. The van der Waals surface area contributed by atoms with E-state index in [4.69, 9.17) is 16.7 Å². The summed E-state index contributed by atoms with van der Waals surface area (Å²) in [5, 5.41) is 8.67. The van der Waals surface area contributed by atoms with E-state index >= 15 is 0 Å². The van der Waals surface area contributed by atoms with Gasteiger partial charge in [0.15, 0.2) is 0 Å². The molecule has 0 aliphatic carbocycles. The van der Waals surface area contributed by atoms with E-state index in [-0.39, 0.29) is 20.8 Å². The van der Waals surface area contributed by atoms with Gasteiger partial charge < -0.3 is 9.84 Å². The molecule has 1 aromatic rings. The van der Waals surface area contributed by atoms with Gasteiger partial charge >= 0.3 is 12.3 Å². The van der Waals surface area contributed by atoms with Gasteiger partial charge in [0.05, 0.1) is 18.0 Å². The van der Waals surface area contributed by atoms with E-state index in [0.29, 0.717) is 0 Å². The first kappa shape index (κ1) is 15.3. The Bertz CT molecular complexity index is 467. The van der Waals surface area contributed by atoms with Crippen LogP contribution in [-0.4, -0.2) is 22.4 Å². The topological polar surface area (TPSA) is 59.4 Å². The van der Waals surface area contributed by atoms with Crippen LogP contribution in [0.2, 0.25) is 0 Å². The first-order chi connectivity index (χ1) is 8.23. The average molecular weight is 396 g/mol. The molecular formula is C9H6ClF3INO3. The maximum Gasteiger partial charge on any atom is 0.573 e. The Morgan fingerprint density at radius 2 is 2.17 bits per heavy atom. The number of carboxylic acid groups (broad SMARTS) is 1.